The van der Waals surface area contributed by atoms with Gasteiger partial charge in [-0.05, 0) is 104 Å². The van der Waals surface area contributed by atoms with E-state index in [1.165, 1.54) is 81.1 Å². The van der Waals surface area contributed by atoms with Crippen LogP contribution in [0.3, 0.4) is 0 Å². The van der Waals surface area contributed by atoms with E-state index in [1.807, 2.05) is 11.3 Å². The molecule has 0 atom stereocenters. The van der Waals surface area contributed by atoms with Crippen LogP contribution < -0.4 is 4.90 Å². The van der Waals surface area contributed by atoms with Crippen molar-refractivity contribution in [3.05, 3.63) is 212 Å². The Kier molecular flexibility index (Phi) is 8.09. The average molecular weight is 706 g/mol. The summed E-state index contributed by atoms with van der Waals surface area (Å²) in [5.74, 6) is 0. The lowest BCUT2D eigenvalue weighted by Crippen LogP contribution is -2.10. The number of thiophene rings is 1. The molecule has 0 aliphatic heterocycles. The van der Waals surface area contributed by atoms with Crippen LogP contribution in [0.5, 0.6) is 0 Å². The van der Waals surface area contributed by atoms with Crippen LogP contribution in [0.2, 0.25) is 0 Å². The van der Waals surface area contributed by atoms with Crippen LogP contribution in [-0.2, 0) is 0 Å². The number of hydrogen-bond donors (Lipinski definition) is 0. The molecule has 0 radical (unpaired) electrons. The van der Waals surface area contributed by atoms with Crippen molar-refractivity contribution in [2.24, 2.45) is 0 Å². The second-order valence-electron chi connectivity index (χ2n) is 13.7. The van der Waals surface area contributed by atoms with Crippen molar-refractivity contribution in [1.29, 1.82) is 0 Å². The molecule has 54 heavy (non-hydrogen) atoms. The van der Waals surface area contributed by atoms with Crippen LogP contribution in [0.4, 0.5) is 17.1 Å². The monoisotopic (exact) mass is 705 g/mol. The Morgan fingerprint density at radius 3 is 1.61 bits per heavy atom. The predicted molar refractivity (Wildman–Crippen MR) is 233 cm³/mol. The lowest BCUT2D eigenvalue weighted by Gasteiger charge is -2.27. The molecule has 0 saturated heterocycles. The highest BCUT2D eigenvalue weighted by atomic mass is 32.1. The fourth-order valence-corrected chi connectivity index (χ4v) is 9.02. The molecule has 1 aromatic heterocycles. The standard InChI is InChI=1S/C52H35NS/c1-3-14-36(15-4-1)42-33-43(37-16-5-2-6-17-37)35-45(34-42)53(50-26-13-25-49-48-23-9-10-27-51(48)54-52(49)50)44-30-28-38(29-31-44)40-20-11-21-41(32-40)47-24-12-19-39-18-7-8-22-46(39)47/h1-35H. The van der Waals surface area contributed by atoms with Gasteiger partial charge < -0.3 is 4.90 Å². The second kappa shape index (κ2) is 13.7. The second-order valence-corrected chi connectivity index (χ2v) is 14.8. The smallest absolute Gasteiger partial charge is 0.0640 e. The van der Waals surface area contributed by atoms with Crippen molar-refractivity contribution in [3.8, 4) is 44.5 Å². The van der Waals surface area contributed by atoms with Gasteiger partial charge in [0.05, 0.1) is 10.4 Å². The fraction of sp³-hybridized carbons (Fsp3) is 0. The largest absolute Gasteiger partial charge is 0.309 e. The van der Waals surface area contributed by atoms with Crippen LogP contribution in [0.1, 0.15) is 0 Å². The number of nitrogens with zero attached hydrogens (tertiary/aromatic N) is 1. The third-order valence-electron chi connectivity index (χ3n) is 10.4. The number of anilines is 3. The molecule has 1 heterocycles. The molecule has 0 saturated carbocycles. The van der Waals surface area contributed by atoms with Gasteiger partial charge in [0.2, 0.25) is 0 Å². The minimum atomic E-state index is 1.11. The van der Waals surface area contributed by atoms with Crippen molar-refractivity contribution in [1.82, 2.24) is 0 Å². The number of hydrogen-bond acceptors (Lipinski definition) is 2. The molecule has 1 nitrogen and oxygen atoms in total. The Hall–Kier alpha value is -6.74. The van der Waals surface area contributed by atoms with E-state index in [9.17, 15) is 0 Å². The summed E-state index contributed by atoms with van der Waals surface area (Å²) >= 11 is 1.87. The van der Waals surface area contributed by atoms with Crippen LogP contribution in [0.15, 0.2) is 212 Å². The van der Waals surface area contributed by atoms with E-state index in [0.29, 0.717) is 0 Å². The average Bonchev–Trinajstić information content (AvgIpc) is 3.64. The maximum atomic E-state index is 2.45. The first-order valence-corrected chi connectivity index (χ1v) is 19.2. The molecule has 10 aromatic rings. The molecular formula is C52H35NS. The summed E-state index contributed by atoms with van der Waals surface area (Å²) < 4.78 is 2.57. The minimum absolute atomic E-state index is 1.11. The summed E-state index contributed by atoms with van der Waals surface area (Å²) in [5, 5.41) is 5.10. The Bertz CT molecular complexity index is 2860. The number of rotatable bonds is 7. The molecule has 0 aliphatic rings. The molecule has 0 amide bonds. The van der Waals surface area contributed by atoms with Gasteiger partial charge in [0.15, 0.2) is 0 Å². The highest BCUT2D eigenvalue weighted by molar-refractivity contribution is 7.26. The van der Waals surface area contributed by atoms with Crippen LogP contribution in [0, 0.1) is 0 Å². The molecule has 0 spiro atoms. The van der Waals surface area contributed by atoms with Crippen molar-refractivity contribution in [2.75, 3.05) is 4.90 Å². The van der Waals surface area contributed by atoms with Crippen molar-refractivity contribution in [2.45, 2.75) is 0 Å². The lowest BCUT2D eigenvalue weighted by molar-refractivity contribution is 1.30. The van der Waals surface area contributed by atoms with Crippen molar-refractivity contribution in [3.63, 3.8) is 0 Å². The molecule has 10 rings (SSSR count). The summed E-state index contributed by atoms with van der Waals surface area (Å²) in [6.45, 7) is 0. The first-order chi connectivity index (χ1) is 26.8. The highest BCUT2D eigenvalue weighted by Crippen LogP contribution is 2.46. The Labute approximate surface area is 319 Å². The molecule has 0 aliphatic carbocycles. The maximum absolute atomic E-state index is 2.45. The molecule has 254 valence electrons. The van der Waals surface area contributed by atoms with E-state index >= 15 is 0 Å². The summed E-state index contributed by atoms with van der Waals surface area (Å²) in [6, 6.07) is 77.2. The van der Waals surface area contributed by atoms with Crippen LogP contribution in [0.25, 0.3) is 75.5 Å². The lowest BCUT2D eigenvalue weighted by atomic mass is 9.95. The zero-order valence-corrected chi connectivity index (χ0v) is 30.4. The van der Waals surface area contributed by atoms with Gasteiger partial charge in [-0.2, -0.15) is 0 Å². The van der Waals surface area contributed by atoms with E-state index in [-0.39, 0.29) is 0 Å². The van der Waals surface area contributed by atoms with Gasteiger partial charge in [-0.25, -0.2) is 0 Å². The van der Waals surface area contributed by atoms with Gasteiger partial charge >= 0.3 is 0 Å². The van der Waals surface area contributed by atoms with Gasteiger partial charge in [0, 0.05) is 26.8 Å². The molecule has 0 unspecified atom stereocenters. The minimum Gasteiger partial charge on any atom is -0.309 e. The van der Waals surface area contributed by atoms with Gasteiger partial charge in [-0.15, -0.1) is 11.3 Å². The molecule has 0 bridgehead atoms. The maximum Gasteiger partial charge on any atom is 0.0640 e. The van der Waals surface area contributed by atoms with Crippen LogP contribution >= 0.6 is 11.3 Å². The Balaban J connectivity index is 1.14. The summed E-state index contributed by atoms with van der Waals surface area (Å²) in [5.41, 5.74) is 13.0. The van der Waals surface area contributed by atoms with Gasteiger partial charge in [0.1, 0.15) is 0 Å². The first kappa shape index (κ1) is 32.0. The Morgan fingerprint density at radius 1 is 0.315 bits per heavy atom. The zero-order chi connectivity index (χ0) is 35.8. The van der Waals surface area contributed by atoms with Crippen LogP contribution in [-0.4, -0.2) is 0 Å². The normalized spacial score (nSPS) is 11.3. The quantitative estimate of drug-likeness (QED) is 0.160. The zero-order valence-electron chi connectivity index (χ0n) is 29.6. The predicted octanol–water partition coefficient (Wildman–Crippen LogP) is 15.3. The molecular weight excluding hydrogens is 671 g/mol. The van der Waals surface area contributed by atoms with E-state index in [1.54, 1.807) is 0 Å². The molecule has 2 heteroatoms. The third kappa shape index (κ3) is 5.84. The van der Waals surface area contributed by atoms with Crippen molar-refractivity contribution >= 4 is 59.3 Å². The van der Waals surface area contributed by atoms with E-state index in [4.69, 9.17) is 0 Å². The summed E-state index contributed by atoms with van der Waals surface area (Å²) in [7, 11) is 0. The molecule has 0 fully saturated rings. The number of fused-ring (bicyclic) bond motifs is 4. The van der Waals surface area contributed by atoms with E-state index in [2.05, 4.69) is 217 Å². The SMILES string of the molecule is c1ccc(-c2cc(-c3ccccc3)cc(N(c3ccc(-c4cccc(-c5cccc6ccccc56)c4)cc3)c3cccc4c3sc3ccccc34)c2)cc1. The van der Waals surface area contributed by atoms with Gasteiger partial charge in [-0.3, -0.25) is 0 Å². The van der Waals surface area contributed by atoms with Gasteiger partial charge in [0.25, 0.3) is 0 Å². The van der Waals surface area contributed by atoms with E-state index < -0.39 is 0 Å². The summed E-state index contributed by atoms with van der Waals surface area (Å²) in [6.07, 6.45) is 0. The Morgan fingerprint density at radius 2 is 0.852 bits per heavy atom. The number of benzene rings is 9. The molecule has 9 aromatic carbocycles. The van der Waals surface area contributed by atoms with Gasteiger partial charge in [-0.1, -0.05) is 164 Å². The fourth-order valence-electron chi connectivity index (χ4n) is 7.82. The van der Waals surface area contributed by atoms with Crippen molar-refractivity contribution < 1.29 is 0 Å². The highest BCUT2D eigenvalue weighted by Gasteiger charge is 2.20. The topological polar surface area (TPSA) is 3.24 Å². The first-order valence-electron chi connectivity index (χ1n) is 18.4. The molecule has 0 N–H and O–H groups in total. The van der Waals surface area contributed by atoms with E-state index in [0.717, 1.165) is 11.4 Å². The summed E-state index contributed by atoms with van der Waals surface area (Å²) in [4.78, 5) is 2.45. The third-order valence-corrected chi connectivity index (χ3v) is 11.6.